The van der Waals surface area contributed by atoms with Crippen LogP contribution in [0.15, 0.2) is 0 Å². The van der Waals surface area contributed by atoms with E-state index in [1.807, 2.05) is 0 Å². The maximum atomic E-state index is 11.6. The number of hydrogen-bond donors (Lipinski definition) is 2. The molecule has 0 aliphatic rings. The van der Waals surface area contributed by atoms with Crippen molar-refractivity contribution in [2.45, 2.75) is 6.42 Å². The summed E-state index contributed by atoms with van der Waals surface area (Å²) in [7, 11) is -0.395. The van der Waals surface area contributed by atoms with Crippen molar-refractivity contribution in [3.63, 3.8) is 0 Å². The highest BCUT2D eigenvalue weighted by atomic mass is 31.2. The van der Waals surface area contributed by atoms with Gasteiger partial charge in [0.2, 0.25) is 0 Å². The first kappa shape index (κ1) is 15.1. The lowest BCUT2D eigenvalue weighted by molar-refractivity contribution is -0.846. The van der Waals surface area contributed by atoms with Gasteiger partial charge in [0, 0.05) is 24.0 Å². The van der Waals surface area contributed by atoms with Crippen molar-refractivity contribution in [1.29, 1.82) is 0 Å². The normalized spacial score (nSPS) is 16.8. The van der Waals surface area contributed by atoms with E-state index >= 15 is 0 Å². The summed E-state index contributed by atoms with van der Waals surface area (Å²) in [5.41, 5.74) is 0. The van der Waals surface area contributed by atoms with Gasteiger partial charge in [0.1, 0.15) is 0 Å². The summed E-state index contributed by atoms with van der Waals surface area (Å²) in [5.74, 6) is -4.71. The molecule has 0 aliphatic carbocycles. The number of hydrogen-bond acceptors (Lipinski definition) is 5. The molecule has 0 aromatic rings. The maximum Gasteiger partial charge on any atom is 0.253 e. The van der Waals surface area contributed by atoms with Gasteiger partial charge in [0.05, 0.1) is 14.1 Å². The third kappa shape index (κ3) is 6.55. The van der Waals surface area contributed by atoms with E-state index in [4.69, 9.17) is 0 Å². The molecular weight excluding hydrogens is 237 g/mol. The molecular formula is C8H15NO6P-. The van der Waals surface area contributed by atoms with Crippen LogP contribution in [-0.2, 0) is 14.2 Å². The van der Waals surface area contributed by atoms with Gasteiger partial charge in [-0.1, -0.05) is 0 Å². The molecule has 0 bridgehead atoms. The molecule has 0 radical (unpaired) electrons. The molecule has 2 N–H and O–H groups in total. The lowest BCUT2D eigenvalue weighted by Crippen LogP contribution is -3.05. The van der Waals surface area contributed by atoms with Gasteiger partial charge in [0.25, 0.3) is 7.37 Å². The Bertz CT molecular complexity index is 316. The third-order valence-electron chi connectivity index (χ3n) is 1.82. The van der Waals surface area contributed by atoms with Gasteiger partial charge in [-0.15, -0.1) is 0 Å². The Labute approximate surface area is 93.1 Å². The van der Waals surface area contributed by atoms with Crippen molar-refractivity contribution >= 4 is 19.3 Å². The van der Waals surface area contributed by atoms with Crippen molar-refractivity contribution in [3.05, 3.63) is 0 Å². The minimum atomic E-state index is -3.66. The predicted molar refractivity (Wildman–Crippen MR) is 50.5 cm³/mol. The smallest absolute Gasteiger partial charge is 0.253 e. The summed E-state index contributed by atoms with van der Waals surface area (Å²) >= 11 is 0. The zero-order chi connectivity index (χ0) is 12.9. The second-order valence-electron chi connectivity index (χ2n) is 3.99. The highest BCUT2D eigenvalue weighted by Gasteiger charge is 2.27. The van der Waals surface area contributed by atoms with Crippen LogP contribution in [0.2, 0.25) is 0 Å². The number of rotatable bonds is 7. The topological polar surface area (TPSA) is 122 Å². The van der Waals surface area contributed by atoms with E-state index in [1.165, 1.54) is 0 Å². The molecule has 0 aliphatic heterocycles. The van der Waals surface area contributed by atoms with E-state index in [-0.39, 0.29) is 6.29 Å². The zero-order valence-electron chi connectivity index (χ0n) is 9.13. The average molecular weight is 252 g/mol. The van der Waals surface area contributed by atoms with E-state index in [1.54, 1.807) is 14.1 Å². The Morgan fingerprint density at radius 2 is 1.88 bits per heavy atom. The summed E-state index contributed by atoms with van der Waals surface area (Å²) in [6, 6.07) is 0. The third-order valence-corrected chi connectivity index (χ3v) is 3.95. The first-order chi connectivity index (χ1) is 7.14. The number of carboxylic acids is 2. The van der Waals surface area contributed by atoms with Crippen LogP contribution >= 0.6 is 7.37 Å². The van der Waals surface area contributed by atoms with Crippen LogP contribution in [0.1, 0.15) is 6.42 Å². The first-order valence-corrected chi connectivity index (χ1v) is 6.67. The second kappa shape index (κ2) is 5.98. The Kier molecular flexibility index (Phi) is 5.64. The molecule has 7 nitrogen and oxygen atoms in total. The molecule has 0 amide bonds. The molecule has 8 heteroatoms. The number of carbonyl (C=O) groups is 2. The van der Waals surface area contributed by atoms with Crippen LogP contribution in [0.5, 0.6) is 0 Å². The molecule has 0 aromatic heterocycles. The molecule has 0 saturated heterocycles. The number of nitrogens with one attached hydrogen (secondary N) is 1. The van der Waals surface area contributed by atoms with Gasteiger partial charge >= 0.3 is 0 Å². The van der Waals surface area contributed by atoms with Gasteiger partial charge < -0.3 is 29.6 Å². The average Bonchev–Trinajstić information content (AvgIpc) is 1.98. The van der Waals surface area contributed by atoms with Gasteiger partial charge in [-0.2, -0.15) is 0 Å². The number of carbonyl (C=O) groups excluding carboxylic acids is 2. The largest absolute Gasteiger partial charge is 0.550 e. The Hall–Kier alpha value is -0.910. The van der Waals surface area contributed by atoms with Crippen molar-refractivity contribution in [2.24, 2.45) is 5.92 Å². The van der Waals surface area contributed by atoms with Crippen LogP contribution in [-0.4, -0.2) is 43.4 Å². The highest BCUT2D eigenvalue weighted by Crippen LogP contribution is 2.40. The van der Waals surface area contributed by atoms with Gasteiger partial charge in [-0.3, -0.25) is 4.57 Å². The number of quaternary nitrogens is 1. The number of carboxylic acid groups (broad SMARTS) is 2. The van der Waals surface area contributed by atoms with Crippen molar-refractivity contribution in [2.75, 3.05) is 26.5 Å². The fraction of sp³-hybridized carbons (Fsp3) is 0.750. The zero-order valence-corrected chi connectivity index (χ0v) is 10.0. The minimum Gasteiger partial charge on any atom is -0.550 e. The maximum absolute atomic E-state index is 11.6. The standard InChI is InChI=1S/C8H16NO6P/c1-9(2)5-16(14,15)4-6(8(12)13)3-7(10)11/h6H,3-5H2,1-2H3,(H,10,11)(H,12,13)(H,14,15)/p-1/t6-/m1/s1. The Balaban J connectivity index is 4.56. The molecule has 2 atom stereocenters. The van der Waals surface area contributed by atoms with Crippen LogP contribution in [0.4, 0.5) is 0 Å². The van der Waals surface area contributed by atoms with Crippen LogP contribution in [0, 0.1) is 5.92 Å². The predicted octanol–water partition coefficient (Wildman–Crippen LogP) is -4.14. The van der Waals surface area contributed by atoms with Gasteiger partial charge in [-0.25, -0.2) is 0 Å². The molecule has 0 aromatic carbocycles. The van der Waals surface area contributed by atoms with Crippen LogP contribution < -0.4 is 15.1 Å². The van der Waals surface area contributed by atoms with Crippen molar-refractivity contribution in [1.82, 2.24) is 0 Å². The fourth-order valence-corrected chi connectivity index (χ4v) is 3.41. The van der Waals surface area contributed by atoms with Crippen LogP contribution in [0.25, 0.3) is 0 Å². The van der Waals surface area contributed by atoms with E-state index in [0.29, 0.717) is 4.90 Å². The lowest BCUT2D eigenvalue weighted by atomic mass is 10.1. The Morgan fingerprint density at radius 3 is 2.19 bits per heavy atom. The highest BCUT2D eigenvalue weighted by molar-refractivity contribution is 7.57. The minimum absolute atomic E-state index is 0.121. The molecule has 0 fully saturated rings. The monoisotopic (exact) mass is 252 g/mol. The lowest BCUT2D eigenvalue weighted by Gasteiger charge is -2.22. The molecule has 0 spiro atoms. The molecule has 0 rings (SSSR count). The second-order valence-corrected chi connectivity index (χ2v) is 6.36. The summed E-state index contributed by atoms with van der Waals surface area (Å²) in [6.07, 6.45) is -1.53. The van der Waals surface area contributed by atoms with Gasteiger partial charge in [-0.05, 0) is 6.42 Å². The van der Waals surface area contributed by atoms with E-state index in [2.05, 4.69) is 0 Å². The summed E-state index contributed by atoms with van der Waals surface area (Å²) in [4.78, 5) is 30.9. The van der Waals surface area contributed by atoms with Crippen LogP contribution in [0.3, 0.4) is 0 Å². The molecule has 1 unspecified atom stereocenters. The van der Waals surface area contributed by atoms with E-state index in [0.717, 1.165) is 0 Å². The molecule has 0 saturated carbocycles. The van der Waals surface area contributed by atoms with Gasteiger partial charge in [0.15, 0.2) is 6.29 Å². The quantitative estimate of drug-likeness (QED) is 0.444. The van der Waals surface area contributed by atoms with E-state index < -0.39 is 37.8 Å². The fourth-order valence-electron chi connectivity index (χ4n) is 1.33. The number of aliphatic carboxylic acids is 2. The molecule has 0 heterocycles. The van der Waals surface area contributed by atoms with Crippen molar-refractivity contribution in [3.8, 4) is 0 Å². The summed E-state index contributed by atoms with van der Waals surface area (Å²) in [6.45, 7) is 0. The summed E-state index contributed by atoms with van der Waals surface area (Å²) in [5, 5.41) is 20.8. The molecule has 94 valence electrons. The Morgan fingerprint density at radius 1 is 1.38 bits per heavy atom. The first-order valence-electron chi connectivity index (χ1n) is 4.64. The van der Waals surface area contributed by atoms with Crippen molar-refractivity contribution < 1.29 is 34.2 Å². The SMILES string of the molecule is C[NH+](C)CP(=O)(O)C[C@@H](CC(=O)[O-])C(=O)[O-]. The van der Waals surface area contributed by atoms with E-state index in [9.17, 15) is 29.3 Å². The molecule has 16 heavy (non-hydrogen) atoms. The summed E-state index contributed by atoms with van der Waals surface area (Å²) < 4.78 is 11.6.